The number of thiocarbonyl (C=S) groups is 1. The Morgan fingerprint density at radius 2 is 2.21 bits per heavy atom. The number of hydrogen-bond acceptors (Lipinski definition) is 4. The zero-order valence-electron chi connectivity index (χ0n) is 11.0. The standard InChI is InChI=1S/C13H18N4OS/c1-2-17(7-11(14)18)13-9(12(15)19)6-8-4-3-5-10(8)16-13/h6H,2-5,7H2,1H3,(H2,14,18)(H2,15,19). The molecule has 0 fully saturated rings. The van der Waals surface area contributed by atoms with Crippen LogP contribution in [-0.4, -0.2) is 29.0 Å². The van der Waals surface area contributed by atoms with Crippen LogP contribution in [0.4, 0.5) is 5.82 Å². The van der Waals surface area contributed by atoms with Crippen molar-refractivity contribution in [2.45, 2.75) is 26.2 Å². The number of amides is 1. The zero-order valence-corrected chi connectivity index (χ0v) is 11.8. The fraction of sp³-hybridized carbons (Fsp3) is 0.462. The van der Waals surface area contributed by atoms with Gasteiger partial charge in [-0.05, 0) is 37.8 Å². The van der Waals surface area contributed by atoms with Gasteiger partial charge in [-0.15, -0.1) is 0 Å². The minimum Gasteiger partial charge on any atom is -0.389 e. The second kappa shape index (κ2) is 5.52. The summed E-state index contributed by atoms with van der Waals surface area (Å²) in [6, 6.07) is 2.01. The molecule has 0 aliphatic heterocycles. The van der Waals surface area contributed by atoms with Crippen molar-refractivity contribution in [3.63, 3.8) is 0 Å². The van der Waals surface area contributed by atoms with Crippen LogP contribution in [0.1, 0.15) is 30.2 Å². The molecule has 0 radical (unpaired) electrons. The van der Waals surface area contributed by atoms with E-state index in [2.05, 4.69) is 4.98 Å². The van der Waals surface area contributed by atoms with Crippen LogP contribution < -0.4 is 16.4 Å². The maximum atomic E-state index is 11.1. The van der Waals surface area contributed by atoms with Crippen molar-refractivity contribution in [1.82, 2.24) is 4.98 Å². The van der Waals surface area contributed by atoms with Crippen LogP contribution in [-0.2, 0) is 17.6 Å². The summed E-state index contributed by atoms with van der Waals surface area (Å²) in [6.45, 7) is 2.70. The van der Waals surface area contributed by atoms with Gasteiger partial charge < -0.3 is 16.4 Å². The highest BCUT2D eigenvalue weighted by Gasteiger charge is 2.21. The quantitative estimate of drug-likeness (QED) is 0.767. The molecule has 1 aromatic rings. The Bertz CT molecular complexity index is 530. The number of carbonyl (C=O) groups excluding carboxylic acids is 1. The molecule has 1 aromatic heterocycles. The number of aryl methyl sites for hydroxylation is 2. The summed E-state index contributed by atoms with van der Waals surface area (Å²) in [7, 11) is 0. The molecule has 1 amide bonds. The number of pyridine rings is 1. The van der Waals surface area contributed by atoms with E-state index in [1.807, 2.05) is 17.9 Å². The van der Waals surface area contributed by atoms with E-state index in [1.54, 1.807) is 0 Å². The Labute approximate surface area is 118 Å². The molecule has 0 saturated carbocycles. The number of likely N-dealkylation sites (N-methyl/N-ethyl adjacent to an activating group) is 1. The molecule has 0 spiro atoms. The maximum Gasteiger partial charge on any atom is 0.236 e. The van der Waals surface area contributed by atoms with Gasteiger partial charge in [0.25, 0.3) is 0 Å². The summed E-state index contributed by atoms with van der Waals surface area (Å²) in [6.07, 6.45) is 3.08. The largest absolute Gasteiger partial charge is 0.389 e. The Balaban J connectivity index is 2.47. The Morgan fingerprint density at radius 1 is 1.47 bits per heavy atom. The molecule has 1 aliphatic carbocycles. The molecule has 6 heteroatoms. The molecule has 0 unspecified atom stereocenters. The molecule has 5 nitrogen and oxygen atoms in total. The summed E-state index contributed by atoms with van der Waals surface area (Å²) in [5.74, 6) is 0.285. The molecule has 19 heavy (non-hydrogen) atoms. The average molecular weight is 278 g/mol. The molecule has 4 N–H and O–H groups in total. The van der Waals surface area contributed by atoms with E-state index in [0.29, 0.717) is 17.4 Å². The van der Waals surface area contributed by atoms with Gasteiger partial charge in [0.15, 0.2) is 0 Å². The average Bonchev–Trinajstić information content (AvgIpc) is 2.81. The Kier molecular flexibility index (Phi) is 3.99. The SMILES string of the molecule is CCN(CC(N)=O)c1nc2c(cc1C(N)=S)CCC2. The van der Waals surface area contributed by atoms with E-state index in [1.165, 1.54) is 5.56 Å². The fourth-order valence-electron chi connectivity index (χ4n) is 2.41. The number of nitrogens with two attached hydrogens (primary N) is 2. The molecule has 1 aliphatic rings. The van der Waals surface area contributed by atoms with Crippen LogP contribution in [0.2, 0.25) is 0 Å². The first-order valence-corrected chi connectivity index (χ1v) is 6.79. The van der Waals surface area contributed by atoms with E-state index in [4.69, 9.17) is 23.7 Å². The van der Waals surface area contributed by atoms with Crippen LogP contribution in [0.5, 0.6) is 0 Å². The van der Waals surface area contributed by atoms with Gasteiger partial charge in [0.05, 0.1) is 12.1 Å². The number of rotatable bonds is 5. The lowest BCUT2D eigenvalue weighted by atomic mass is 10.1. The maximum absolute atomic E-state index is 11.1. The van der Waals surface area contributed by atoms with Gasteiger partial charge in [0.1, 0.15) is 10.8 Å². The molecule has 0 saturated heterocycles. The normalized spacial score (nSPS) is 13.1. The van der Waals surface area contributed by atoms with Crippen molar-refractivity contribution in [3.05, 3.63) is 22.9 Å². The first-order valence-electron chi connectivity index (χ1n) is 6.38. The molecular weight excluding hydrogens is 260 g/mol. The molecule has 0 atom stereocenters. The number of anilines is 1. The predicted octanol–water partition coefficient (Wildman–Crippen LogP) is 0.516. The highest BCUT2D eigenvalue weighted by Crippen LogP contribution is 2.27. The van der Waals surface area contributed by atoms with Crippen molar-refractivity contribution >= 4 is 28.9 Å². The summed E-state index contributed by atoms with van der Waals surface area (Å²) in [5.41, 5.74) is 14.1. The van der Waals surface area contributed by atoms with E-state index < -0.39 is 5.91 Å². The number of hydrogen-bond donors (Lipinski definition) is 2. The number of carbonyl (C=O) groups is 1. The van der Waals surface area contributed by atoms with Crippen LogP contribution in [0.25, 0.3) is 0 Å². The molecule has 102 valence electrons. The van der Waals surface area contributed by atoms with E-state index in [-0.39, 0.29) is 6.54 Å². The van der Waals surface area contributed by atoms with Crippen molar-refractivity contribution in [2.24, 2.45) is 11.5 Å². The monoisotopic (exact) mass is 278 g/mol. The van der Waals surface area contributed by atoms with Crippen molar-refractivity contribution in [3.8, 4) is 0 Å². The van der Waals surface area contributed by atoms with Crippen molar-refractivity contribution in [2.75, 3.05) is 18.0 Å². The topological polar surface area (TPSA) is 85.2 Å². The molecule has 2 rings (SSSR count). The third-order valence-corrected chi connectivity index (χ3v) is 3.54. The smallest absolute Gasteiger partial charge is 0.236 e. The van der Waals surface area contributed by atoms with Crippen LogP contribution in [0.3, 0.4) is 0 Å². The van der Waals surface area contributed by atoms with Gasteiger partial charge in [-0.3, -0.25) is 4.79 Å². The summed E-state index contributed by atoms with van der Waals surface area (Å²) in [5, 5.41) is 0. The number of aromatic nitrogens is 1. The van der Waals surface area contributed by atoms with Gasteiger partial charge in [-0.25, -0.2) is 4.98 Å². The molecule has 0 aromatic carbocycles. The van der Waals surface area contributed by atoms with Crippen molar-refractivity contribution in [1.29, 1.82) is 0 Å². The number of primary amides is 1. The summed E-state index contributed by atoms with van der Waals surface area (Å²) in [4.78, 5) is 17.9. The second-order valence-electron chi connectivity index (χ2n) is 4.66. The van der Waals surface area contributed by atoms with E-state index in [9.17, 15) is 4.79 Å². The molecule has 0 bridgehead atoms. The third kappa shape index (κ3) is 2.84. The van der Waals surface area contributed by atoms with Crippen molar-refractivity contribution < 1.29 is 4.79 Å². The summed E-state index contributed by atoms with van der Waals surface area (Å²) >= 11 is 5.10. The van der Waals surface area contributed by atoms with Gasteiger partial charge >= 0.3 is 0 Å². The van der Waals surface area contributed by atoms with Crippen LogP contribution in [0, 0.1) is 0 Å². The van der Waals surface area contributed by atoms with Gasteiger partial charge in [-0.2, -0.15) is 0 Å². The lowest BCUT2D eigenvalue weighted by Gasteiger charge is -2.23. The highest BCUT2D eigenvalue weighted by molar-refractivity contribution is 7.80. The van der Waals surface area contributed by atoms with Gasteiger partial charge in [-0.1, -0.05) is 12.2 Å². The zero-order chi connectivity index (χ0) is 14.0. The summed E-state index contributed by atoms with van der Waals surface area (Å²) < 4.78 is 0. The molecular formula is C13H18N4OS. The number of nitrogens with zero attached hydrogens (tertiary/aromatic N) is 2. The fourth-order valence-corrected chi connectivity index (χ4v) is 2.56. The highest BCUT2D eigenvalue weighted by atomic mass is 32.1. The third-order valence-electron chi connectivity index (χ3n) is 3.32. The van der Waals surface area contributed by atoms with E-state index in [0.717, 1.165) is 30.5 Å². The second-order valence-corrected chi connectivity index (χ2v) is 5.10. The van der Waals surface area contributed by atoms with Crippen LogP contribution in [0.15, 0.2) is 6.07 Å². The molecule has 1 heterocycles. The number of fused-ring (bicyclic) bond motifs is 1. The van der Waals surface area contributed by atoms with Gasteiger partial charge in [0, 0.05) is 12.2 Å². The first kappa shape index (κ1) is 13.7. The minimum atomic E-state index is -0.391. The van der Waals surface area contributed by atoms with Crippen LogP contribution >= 0.6 is 12.2 Å². The predicted molar refractivity (Wildman–Crippen MR) is 79.2 cm³/mol. The Hall–Kier alpha value is -1.69. The lowest BCUT2D eigenvalue weighted by molar-refractivity contribution is -0.116. The Morgan fingerprint density at radius 3 is 2.79 bits per heavy atom. The lowest BCUT2D eigenvalue weighted by Crippen LogP contribution is -2.35. The minimum absolute atomic E-state index is 0.123. The first-order chi connectivity index (χ1) is 9.02. The van der Waals surface area contributed by atoms with E-state index >= 15 is 0 Å². The van der Waals surface area contributed by atoms with Gasteiger partial charge in [0.2, 0.25) is 5.91 Å².